The van der Waals surface area contributed by atoms with E-state index in [2.05, 4.69) is 35.1 Å². The van der Waals surface area contributed by atoms with Gasteiger partial charge in [-0.3, -0.25) is 0 Å². The van der Waals surface area contributed by atoms with Crippen LogP contribution in [0, 0.1) is 0 Å². The quantitative estimate of drug-likeness (QED) is 0.616. The van der Waals surface area contributed by atoms with Crippen molar-refractivity contribution >= 4 is 11.8 Å². The second kappa shape index (κ2) is 2.74. The van der Waals surface area contributed by atoms with Gasteiger partial charge in [0.2, 0.25) is 5.88 Å². The van der Waals surface area contributed by atoms with Crippen LogP contribution in [0.25, 0.3) is 6.08 Å². The van der Waals surface area contributed by atoms with Gasteiger partial charge in [-0.2, -0.15) is 0 Å². The second-order valence-corrected chi connectivity index (χ2v) is 3.73. The summed E-state index contributed by atoms with van der Waals surface area (Å²) in [5, 5.41) is 0. The van der Waals surface area contributed by atoms with Crippen molar-refractivity contribution in [3.05, 3.63) is 23.4 Å². The van der Waals surface area contributed by atoms with Crippen molar-refractivity contribution in [1.82, 2.24) is 4.98 Å². The van der Waals surface area contributed by atoms with E-state index in [9.17, 15) is 0 Å². The van der Waals surface area contributed by atoms with Crippen molar-refractivity contribution in [2.24, 2.45) is 0 Å². The lowest BCUT2D eigenvalue weighted by Gasteiger charge is -2.27. The number of rotatable bonds is 0. The highest BCUT2D eigenvalue weighted by Crippen LogP contribution is 2.33. The molecule has 0 spiro atoms. The van der Waals surface area contributed by atoms with Crippen LogP contribution in [0.15, 0.2) is 12.1 Å². The minimum atomic E-state index is 0.739. The van der Waals surface area contributed by atoms with Crippen molar-refractivity contribution in [3.8, 4) is 5.88 Å². The van der Waals surface area contributed by atoms with Crippen molar-refractivity contribution in [3.63, 3.8) is 0 Å². The number of anilines is 1. The molecule has 2 aliphatic rings. The Morgan fingerprint density at radius 2 is 2.43 bits per heavy atom. The Bertz CT molecular complexity index is 412. The van der Waals surface area contributed by atoms with E-state index >= 15 is 0 Å². The number of fused-ring (bicyclic) bond motifs is 2. The Labute approximate surface area is 83.0 Å². The van der Waals surface area contributed by atoms with Gasteiger partial charge in [0.05, 0.1) is 12.2 Å². The predicted molar refractivity (Wildman–Crippen MR) is 55.7 cm³/mol. The van der Waals surface area contributed by atoms with E-state index in [-0.39, 0.29) is 0 Å². The van der Waals surface area contributed by atoms with Crippen LogP contribution in [0.5, 0.6) is 5.88 Å². The van der Waals surface area contributed by atoms with Crippen LogP contribution in [0.1, 0.15) is 11.3 Å². The van der Waals surface area contributed by atoms with E-state index in [4.69, 9.17) is 4.74 Å². The first-order valence-electron chi connectivity index (χ1n) is 4.89. The molecule has 0 bridgehead atoms. The fourth-order valence-electron chi connectivity index (χ4n) is 1.92. The second-order valence-electron chi connectivity index (χ2n) is 3.73. The van der Waals surface area contributed by atoms with Gasteiger partial charge >= 0.3 is 0 Å². The monoisotopic (exact) mass is 188 g/mol. The number of pyridine rings is 1. The molecule has 0 amide bonds. The number of aromatic nitrogens is 1. The average Bonchev–Trinajstić information content (AvgIpc) is 2.62. The van der Waals surface area contributed by atoms with Crippen LogP contribution >= 0.6 is 0 Å². The molecule has 1 aliphatic carbocycles. The first-order chi connectivity index (χ1) is 6.84. The molecule has 1 aromatic rings. The molecule has 1 aromatic heterocycles. The highest BCUT2D eigenvalue weighted by atomic mass is 16.5. The molecule has 72 valence electrons. The molecule has 0 atom stereocenters. The van der Waals surface area contributed by atoms with E-state index in [0.29, 0.717) is 0 Å². The zero-order chi connectivity index (χ0) is 9.54. The minimum absolute atomic E-state index is 0.739. The molecular weight excluding hydrogens is 176 g/mol. The molecule has 0 N–H and O–H groups in total. The van der Waals surface area contributed by atoms with Crippen molar-refractivity contribution < 1.29 is 4.74 Å². The normalized spacial score (nSPS) is 17.6. The van der Waals surface area contributed by atoms with E-state index < -0.39 is 0 Å². The average molecular weight is 188 g/mol. The summed E-state index contributed by atoms with van der Waals surface area (Å²) in [5.74, 6) is 0.793. The summed E-state index contributed by atoms with van der Waals surface area (Å²) in [5.41, 5.74) is 3.49. The smallest absolute Gasteiger partial charge is 0.237 e. The third kappa shape index (κ3) is 1.02. The van der Waals surface area contributed by atoms with E-state index in [1.165, 1.54) is 5.56 Å². The molecule has 0 aromatic carbocycles. The Balaban J connectivity index is 2.16. The molecule has 0 fully saturated rings. The zero-order valence-electron chi connectivity index (χ0n) is 8.16. The molecule has 0 saturated carbocycles. The topological polar surface area (TPSA) is 25.4 Å². The Hall–Kier alpha value is -1.51. The molecule has 0 radical (unpaired) electrons. The number of nitrogens with zero attached hydrogens (tertiary/aromatic N) is 2. The third-order valence-electron chi connectivity index (χ3n) is 2.77. The van der Waals surface area contributed by atoms with Gasteiger partial charge in [0, 0.05) is 13.5 Å². The maximum atomic E-state index is 5.54. The highest BCUT2D eigenvalue weighted by molar-refractivity contribution is 5.67. The number of ether oxygens (including phenoxy) is 1. The van der Waals surface area contributed by atoms with E-state index in [1.54, 1.807) is 0 Å². The van der Waals surface area contributed by atoms with Crippen LogP contribution < -0.4 is 9.64 Å². The van der Waals surface area contributed by atoms with Gasteiger partial charge in [-0.15, -0.1) is 0 Å². The van der Waals surface area contributed by atoms with Gasteiger partial charge in [-0.1, -0.05) is 12.2 Å². The summed E-state index contributed by atoms with van der Waals surface area (Å²) in [6.45, 7) is 1.68. The van der Waals surface area contributed by atoms with Crippen LogP contribution in [0.2, 0.25) is 0 Å². The molecule has 14 heavy (non-hydrogen) atoms. The first kappa shape index (κ1) is 7.85. The standard InChI is InChI=1S/C11H12N2O/c1-13-5-6-14-11-10(13)7-8-3-2-4-9(8)12-11/h2-3,7H,4-6H2,1H3. The number of hydrogen-bond acceptors (Lipinski definition) is 3. The Morgan fingerprint density at radius 3 is 3.36 bits per heavy atom. The van der Waals surface area contributed by atoms with Gasteiger partial charge in [0.1, 0.15) is 12.3 Å². The van der Waals surface area contributed by atoms with Crippen molar-refractivity contribution in [2.45, 2.75) is 6.42 Å². The van der Waals surface area contributed by atoms with Crippen LogP contribution in [0.3, 0.4) is 0 Å². The molecule has 1 aliphatic heterocycles. The SMILES string of the molecule is CN1CCOc2nc3c(cc21)C=CC3. The number of allylic oxidation sites excluding steroid dienone is 1. The minimum Gasteiger partial charge on any atom is -0.474 e. The fraction of sp³-hybridized carbons (Fsp3) is 0.364. The van der Waals surface area contributed by atoms with Crippen molar-refractivity contribution in [2.75, 3.05) is 25.1 Å². The summed E-state index contributed by atoms with van der Waals surface area (Å²) in [4.78, 5) is 6.71. The summed E-state index contributed by atoms with van der Waals surface area (Å²) in [7, 11) is 2.08. The van der Waals surface area contributed by atoms with Crippen LogP contribution in [0.4, 0.5) is 5.69 Å². The van der Waals surface area contributed by atoms with E-state index in [0.717, 1.165) is 36.8 Å². The van der Waals surface area contributed by atoms with Gasteiger partial charge in [-0.25, -0.2) is 4.98 Å². The molecule has 2 heterocycles. The summed E-state index contributed by atoms with van der Waals surface area (Å²) in [6, 6.07) is 2.17. The van der Waals surface area contributed by atoms with Crippen molar-refractivity contribution in [1.29, 1.82) is 0 Å². The lowest BCUT2D eigenvalue weighted by Crippen LogP contribution is -2.29. The number of likely N-dealkylation sites (N-methyl/N-ethyl adjacent to an activating group) is 1. The van der Waals surface area contributed by atoms with Gasteiger partial charge < -0.3 is 9.64 Å². The first-order valence-corrected chi connectivity index (χ1v) is 4.89. The molecule has 0 saturated heterocycles. The molecule has 3 nitrogen and oxygen atoms in total. The Kier molecular flexibility index (Phi) is 1.54. The van der Waals surface area contributed by atoms with Gasteiger partial charge in [-0.05, 0) is 11.6 Å². The maximum Gasteiger partial charge on any atom is 0.237 e. The largest absolute Gasteiger partial charge is 0.474 e. The predicted octanol–water partition coefficient (Wildman–Crippen LogP) is 1.48. The molecular formula is C11H12N2O. The summed E-state index contributed by atoms with van der Waals surface area (Å²) in [6.07, 6.45) is 5.21. The maximum absolute atomic E-state index is 5.54. The third-order valence-corrected chi connectivity index (χ3v) is 2.77. The molecule has 3 rings (SSSR count). The van der Waals surface area contributed by atoms with Gasteiger partial charge in [0.15, 0.2) is 0 Å². The lowest BCUT2D eigenvalue weighted by molar-refractivity contribution is 0.298. The van der Waals surface area contributed by atoms with Crippen LogP contribution in [-0.2, 0) is 6.42 Å². The van der Waals surface area contributed by atoms with E-state index in [1.807, 2.05) is 0 Å². The molecule has 3 heteroatoms. The van der Waals surface area contributed by atoms with Gasteiger partial charge in [0.25, 0.3) is 0 Å². The zero-order valence-corrected chi connectivity index (χ0v) is 8.16. The molecule has 0 unspecified atom stereocenters. The lowest BCUT2D eigenvalue weighted by atomic mass is 10.2. The fourth-order valence-corrected chi connectivity index (χ4v) is 1.92. The number of hydrogen-bond donors (Lipinski definition) is 0. The summed E-state index contributed by atoms with van der Waals surface area (Å²) >= 11 is 0. The Morgan fingerprint density at radius 1 is 1.50 bits per heavy atom. The highest BCUT2D eigenvalue weighted by Gasteiger charge is 2.19. The summed E-state index contributed by atoms with van der Waals surface area (Å²) < 4.78 is 5.54. The van der Waals surface area contributed by atoms with Crippen LogP contribution in [-0.4, -0.2) is 25.2 Å².